The summed E-state index contributed by atoms with van der Waals surface area (Å²) in [5, 5.41) is 3.85. The van der Waals surface area contributed by atoms with Crippen molar-refractivity contribution >= 4 is 6.21 Å². The molecule has 1 fully saturated rings. The molecule has 18 heavy (non-hydrogen) atoms. The van der Waals surface area contributed by atoms with Gasteiger partial charge in [-0.2, -0.15) is 0 Å². The van der Waals surface area contributed by atoms with Crippen LogP contribution in [0.2, 0.25) is 0 Å². The predicted molar refractivity (Wildman–Crippen MR) is 74.6 cm³/mol. The van der Waals surface area contributed by atoms with E-state index in [2.05, 4.69) is 29.3 Å². The fraction of sp³-hybridized carbons (Fsp3) is 0.438. The van der Waals surface area contributed by atoms with E-state index in [9.17, 15) is 0 Å². The van der Waals surface area contributed by atoms with Crippen LogP contribution < -0.4 is 0 Å². The molecule has 94 valence electrons. The molecular formula is C16H19NO. The molecule has 0 heterocycles. The zero-order valence-corrected chi connectivity index (χ0v) is 10.6. The van der Waals surface area contributed by atoms with Gasteiger partial charge in [-0.3, -0.25) is 0 Å². The van der Waals surface area contributed by atoms with Crippen LogP contribution in [0.15, 0.2) is 29.4 Å². The van der Waals surface area contributed by atoms with Crippen LogP contribution in [0, 0.1) is 12.3 Å². The highest BCUT2D eigenvalue weighted by molar-refractivity contribution is 5.79. The molecule has 0 atom stereocenters. The lowest BCUT2D eigenvalue weighted by Crippen LogP contribution is -2.04. The molecule has 2 rings (SSSR count). The highest BCUT2D eigenvalue weighted by atomic mass is 16.6. The number of terminal acetylenes is 1. The van der Waals surface area contributed by atoms with Gasteiger partial charge in [-0.15, -0.1) is 6.42 Å². The number of hydrogen-bond acceptors (Lipinski definition) is 2. The van der Waals surface area contributed by atoms with Crippen LogP contribution in [0.25, 0.3) is 0 Å². The average Bonchev–Trinajstić information content (AvgIpc) is 2.45. The summed E-state index contributed by atoms with van der Waals surface area (Å²) in [5.41, 5.74) is 2.51. The predicted octanol–water partition coefficient (Wildman–Crippen LogP) is 3.72. The number of rotatable bonds is 4. The zero-order valence-electron chi connectivity index (χ0n) is 10.6. The second-order valence-electron chi connectivity index (χ2n) is 4.72. The van der Waals surface area contributed by atoms with E-state index in [0.29, 0.717) is 0 Å². The van der Waals surface area contributed by atoms with Gasteiger partial charge >= 0.3 is 0 Å². The van der Waals surface area contributed by atoms with E-state index >= 15 is 0 Å². The summed E-state index contributed by atoms with van der Waals surface area (Å²) in [6, 6.07) is 8.55. The Labute approximate surface area is 109 Å². The Morgan fingerprint density at radius 2 is 2.17 bits per heavy atom. The van der Waals surface area contributed by atoms with Crippen molar-refractivity contribution in [2.75, 3.05) is 6.61 Å². The van der Waals surface area contributed by atoms with Crippen LogP contribution in [0.1, 0.15) is 49.1 Å². The maximum absolute atomic E-state index is 5.08. The van der Waals surface area contributed by atoms with Crippen LogP contribution in [-0.2, 0) is 4.84 Å². The first kappa shape index (κ1) is 12.7. The van der Waals surface area contributed by atoms with Gasteiger partial charge in [0, 0.05) is 0 Å². The lowest BCUT2D eigenvalue weighted by molar-refractivity contribution is 0.181. The van der Waals surface area contributed by atoms with Crippen LogP contribution in [-0.4, -0.2) is 12.8 Å². The molecule has 2 nitrogen and oxygen atoms in total. The first-order valence-electron chi connectivity index (χ1n) is 6.59. The molecule has 0 bridgehead atoms. The van der Waals surface area contributed by atoms with Crippen LogP contribution in [0.5, 0.6) is 0 Å². The Morgan fingerprint density at radius 3 is 2.94 bits per heavy atom. The van der Waals surface area contributed by atoms with Crippen molar-refractivity contribution in [3.05, 3.63) is 35.4 Å². The van der Waals surface area contributed by atoms with E-state index in [1.807, 2.05) is 6.07 Å². The molecule has 0 amide bonds. The van der Waals surface area contributed by atoms with Gasteiger partial charge in [0.05, 0.1) is 6.21 Å². The van der Waals surface area contributed by atoms with Gasteiger partial charge in [-0.05, 0) is 36.0 Å². The van der Waals surface area contributed by atoms with Crippen molar-refractivity contribution in [3.63, 3.8) is 0 Å². The molecule has 0 N–H and O–H groups in total. The third-order valence-corrected chi connectivity index (χ3v) is 3.41. The third kappa shape index (κ3) is 3.63. The molecule has 2 heteroatoms. The number of oxime groups is 1. The van der Waals surface area contributed by atoms with Crippen molar-refractivity contribution in [2.24, 2.45) is 5.16 Å². The van der Waals surface area contributed by atoms with Gasteiger partial charge in [0.15, 0.2) is 6.61 Å². The monoisotopic (exact) mass is 241 g/mol. The minimum atomic E-state index is 0.221. The molecule has 1 aliphatic carbocycles. The van der Waals surface area contributed by atoms with E-state index < -0.39 is 0 Å². The van der Waals surface area contributed by atoms with Gasteiger partial charge in [0.1, 0.15) is 0 Å². The zero-order chi connectivity index (χ0) is 12.6. The third-order valence-electron chi connectivity index (χ3n) is 3.41. The Balaban J connectivity index is 2.00. The van der Waals surface area contributed by atoms with E-state index in [1.165, 1.54) is 37.7 Å². The minimum Gasteiger partial charge on any atom is -0.383 e. The molecule has 0 aliphatic heterocycles. The summed E-state index contributed by atoms with van der Waals surface area (Å²) in [5.74, 6) is 3.10. The van der Waals surface area contributed by atoms with Gasteiger partial charge in [0.2, 0.25) is 0 Å². The normalized spacial score (nSPS) is 16.6. The average molecular weight is 241 g/mol. The standard InChI is InChI=1S/C16H19NO/c1-2-11-18-17-13-14-7-6-10-16(12-14)15-8-4-3-5-9-15/h1,6-7,10,12-13,15H,3-5,8-9,11H2. The van der Waals surface area contributed by atoms with Crippen LogP contribution in [0.4, 0.5) is 0 Å². The molecule has 0 radical (unpaired) electrons. The van der Waals surface area contributed by atoms with E-state index in [0.717, 1.165) is 11.5 Å². The Kier molecular flexibility index (Phi) is 4.84. The molecule has 0 unspecified atom stereocenters. The molecule has 1 saturated carbocycles. The molecule has 1 aromatic carbocycles. The number of benzene rings is 1. The fourth-order valence-corrected chi connectivity index (χ4v) is 2.50. The van der Waals surface area contributed by atoms with Crippen LogP contribution in [0.3, 0.4) is 0 Å². The smallest absolute Gasteiger partial charge is 0.177 e. The first-order chi connectivity index (χ1) is 8.90. The maximum atomic E-state index is 5.08. The largest absolute Gasteiger partial charge is 0.383 e. The first-order valence-corrected chi connectivity index (χ1v) is 6.59. The van der Waals surface area contributed by atoms with Gasteiger partial charge < -0.3 is 4.84 Å². The van der Waals surface area contributed by atoms with E-state index in [4.69, 9.17) is 11.3 Å². The summed E-state index contributed by atoms with van der Waals surface area (Å²) in [6.07, 6.45) is 13.5. The highest BCUT2D eigenvalue weighted by Crippen LogP contribution is 2.32. The summed E-state index contributed by atoms with van der Waals surface area (Å²) in [7, 11) is 0. The summed E-state index contributed by atoms with van der Waals surface area (Å²) in [6.45, 7) is 0.221. The second kappa shape index (κ2) is 6.86. The van der Waals surface area contributed by atoms with Crippen molar-refractivity contribution < 1.29 is 4.84 Å². The second-order valence-corrected chi connectivity index (χ2v) is 4.72. The SMILES string of the molecule is C#CCON=Cc1cccc(C2CCCCC2)c1. The van der Waals surface area contributed by atoms with Crippen LogP contribution >= 0.6 is 0 Å². The minimum absolute atomic E-state index is 0.221. The van der Waals surface area contributed by atoms with Crippen molar-refractivity contribution in [1.82, 2.24) is 0 Å². The van der Waals surface area contributed by atoms with E-state index in [-0.39, 0.29) is 6.61 Å². The molecule has 0 spiro atoms. The number of nitrogens with zero attached hydrogens (tertiary/aromatic N) is 1. The molecule has 1 aromatic rings. The Hall–Kier alpha value is -1.75. The lowest BCUT2D eigenvalue weighted by atomic mass is 9.84. The lowest BCUT2D eigenvalue weighted by Gasteiger charge is -2.22. The Bertz CT molecular complexity index is 439. The molecular weight excluding hydrogens is 222 g/mol. The highest BCUT2D eigenvalue weighted by Gasteiger charge is 2.15. The van der Waals surface area contributed by atoms with Gasteiger partial charge in [-0.1, -0.05) is 48.5 Å². The maximum Gasteiger partial charge on any atom is 0.177 e. The summed E-state index contributed by atoms with van der Waals surface area (Å²) in [4.78, 5) is 4.91. The van der Waals surface area contributed by atoms with E-state index in [1.54, 1.807) is 6.21 Å². The topological polar surface area (TPSA) is 21.6 Å². The van der Waals surface area contributed by atoms with Crippen molar-refractivity contribution in [3.8, 4) is 12.3 Å². The summed E-state index contributed by atoms with van der Waals surface area (Å²) < 4.78 is 0. The van der Waals surface area contributed by atoms with Gasteiger partial charge in [-0.25, -0.2) is 0 Å². The van der Waals surface area contributed by atoms with Gasteiger partial charge in [0.25, 0.3) is 0 Å². The fourth-order valence-electron chi connectivity index (χ4n) is 2.50. The summed E-state index contributed by atoms with van der Waals surface area (Å²) >= 11 is 0. The molecule has 0 saturated heterocycles. The van der Waals surface area contributed by atoms with Crippen molar-refractivity contribution in [2.45, 2.75) is 38.0 Å². The molecule has 0 aromatic heterocycles. The van der Waals surface area contributed by atoms with Crippen molar-refractivity contribution in [1.29, 1.82) is 0 Å². The quantitative estimate of drug-likeness (QED) is 0.341. The molecule has 1 aliphatic rings. The number of hydrogen-bond donors (Lipinski definition) is 0. The Morgan fingerprint density at radius 1 is 1.33 bits per heavy atom.